The molecule has 0 spiro atoms. The van der Waals surface area contributed by atoms with Gasteiger partial charge < -0.3 is 5.11 Å². The average molecular weight is 212 g/mol. The van der Waals surface area contributed by atoms with E-state index in [1.165, 1.54) is 0 Å². The molecule has 0 radical (unpaired) electrons. The zero-order valence-corrected chi connectivity index (χ0v) is 9.42. The smallest absolute Gasteiger partial charge is 0.118 e. The highest BCUT2D eigenvalue weighted by Gasteiger charge is 2.42. The van der Waals surface area contributed by atoms with Crippen molar-refractivity contribution in [2.45, 2.75) is 26.0 Å². The summed E-state index contributed by atoms with van der Waals surface area (Å²) in [6, 6.07) is 1.94. The Balaban J connectivity index is 2.37. The molecule has 0 saturated carbocycles. The summed E-state index contributed by atoms with van der Waals surface area (Å²) in [5, 5.41) is 14.8. The van der Waals surface area contributed by atoms with E-state index in [1.807, 2.05) is 29.4 Å². The molecule has 14 heavy (non-hydrogen) atoms. The molecule has 1 aromatic rings. The van der Waals surface area contributed by atoms with Gasteiger partial charge in [-0.05, 0) is 18.7 Å². The van der Waals surface area contributed by atoms with Crippen LogP contribution in [0.2, 0.25) is 0 Å². The molecular formula is C10H16N2OS. The van der Waals surface area contributed by atoms with Crippen LogP contribution < -0.4 is 0 Å². The predicted octanol–water partition coefficient (Wildman–Crippen LogP) is 1.47. The number of rotatable bonds is 2. The number of aliphatic hydroxyl groups is 1. The topological polar surface area (TPSA) is 38.0 Å². The lowest BCUT2D eigenvalue weighted by Crippen LogP contribution is -2.35. The summed E-state index contributed by atoms with van der Waals surface area (Å²) in [5.74, 6) is 2.14. The Hall–Kier alpha value is -0.480. The Morgan fingerprint density at radius 2 is 2.57 bits per heavy atom. The maximum absolute atomic E-state index is 10.6. The van der Waals surface area contributed by atoms with E-state index in [0.29, 0.717) is 5.92 Å². The first kappa shape index (κ1) is 10.1. The van der Waals surface area contributed by atoms with Crippen molar-refractivity contribution in [3.63, 3.8) is 0 Å². The van der Waals surface area contributed by atoms with E-state index < -0.39 is 5.60 Å². The second-order valence-electron chi connectivity index (χ2n) is 3.87. The number of aromatic nitrogens is 2. The summed E-state index contributed by atoms with van der Waals surface area (Å²) in [5.41, 5.74) is 0.300. The Kier molecular flexibility index (Phi) is 2.58. The van der Waals surface area contributed by atoms with Crippen molar-refractivity contribution in [1.82, 2.24) is 9.78 Å². The maximum atomic E-state index is 10.6. The first-order valence-corrected chi connectivity index (χ1v) is 6.16. The SMILES string of the molecule is CCn1nccc1C1(O)CSCC1C. The molecule has 1 N–H and O–H groups in total. The highest BCUT2D eigenvalue weighted by Crippen LogP contribution is 2.40. The number of aryl methyl sites for hydroxylation is 1. The fourth-order valence-electron chi connectivity index (χ4n) is 1.95. The van der Waals surface area contributed by atoms with Crippen LogP contribution in [0, 0.1) is 5.92 Å². The van der Waals surface area contributed by atoms with Gasteiger partial charge in [0.15, 0.2) is 0 Å². The summed E-state index contributed by atoms with van der Waals surface area (Å²) in [6.45, 7) is 4.97. The molecular weight excluding hydrogens is 196 g/mol. The Morgan fingerprint density at radius 3 is 3.14 bits per heavy atom. The summed E-state index contributed by atoms with van der Waals surface area (Å²) >= 11 is 1.82. The van der Waals surface area contributed by atoms with Crippen molar-refractivity contribution in [3.8, 4) is 0 Å². The van der Waals surface area contributed by atoms with Crippen LogP contribution in [0.15, 0.2) is 12.3 Å². The summed E-state index contributed by atoms with van der Waals surface area (Å²) in [6.07, 6.45) is 1.77. The number of nitrogens with zero attached hydrogens (tertiary/aromatic N) is 2. The molecule has 4 heteroatoms. The molecule has 1 aliphatic heterocycles. The van der Waals surface area contributed by atoms with Crippen LogP contribution in [0.25, 0.3) is 0 Å². The van der Waals surface area contributed by atoms with Crippen molar-refractivity contribution in [2.75, 3.05) is 11.5 Å². The summed E-state index contributed by atoms with van der Waals surface area (Å²) < 4.78 is 1.89. The first-order chi connectivity index (χ1) is 6.68. The van der Waals surface area contributed by atoms with E-state index in [-0.39, 0.29) is 0 Å². The molecule has 2 unspecified atom stereocenters. The summed E-state index contributed by atoms with van der Waals surface area (Å²) in [7, 11) is 0. The fraction of sp³-hybridized carbons (Fsp3) is 0.700. The molecule has 2 heterocycles. The largest absolute Gasteiger partial charge is 0.382 e. The number of hydrogen-bond acceptors (Lipinski definition) is 3. The van der Waals surface area contributed by atoms with Crippen LogP contribution in [-0.2, 0) is 12.1 Å². The molecule has 2 atom stereocenters. The Labute approximate surface area is 88.5 Å². The fourth-order valence-corrected chi connectivity index (χ4v) is 3.44. The summed E-state index contributed by atoms with van der Waals surface area (Å²) in [4.78, 5) is 0. The predicted molar refractivity (Wildman–Crippen MR) is 58.3 cm³/mol. The van der Waals surface area contributed by atoms with Crippen molar-refractivity contribution < 1.29 is 5.11 Å². The minimum atomic E-state index is -0.669. The van der Waals surface area contributed by atoms with Gasteiger partial charge in [-0.25, -0.2) is 0 Å². The Morgan fingerprint density at radius 1 is 1.79 bits per heavy atom. The van der Waals surface area contributed by atoms with Crippen molar-refractivity contribution >= 4 is 11.8 Å². The molecule has 78 valence electrons. The third-order valence-corrected chi connectivity index (χ3v) is 4.34. The van der Waals surface area contributed by atoms with Gasteiger partial charge in [0.25, 0.3) is 0 Å². The molecule has 1 saturated heterocycles. The normalized spacial score (nSPS) is 32.4. The quantitative estimate of drug-likeness (QED) is 0.807. The van der Waals surface area contributed by atoms with E-state index >= 15 is 0 Å². The van der Waals surface area contributed by atoms with Gasteiger partial charge in [-0.3, -0.25) is 4.68 Å². The third-order valence-electron chi connectivity index (χ3n) is 2.96. The lowest BCUT2D eigenvalue weighted by molar-refractivity contribution is 0.0147. The average Bonchev–Trinajstić information content (AvgIpc) is 2.75. The van der Waals surface area contributed by atoms with E-state index in [9.17, 15) is 5.11 Å². The highest BCUT2D eigenvalue weighted by molar-refractivity contribution is 7.99. The number of thioether (sulfide) groups is 1. The van der Waals surface area contributed by atoms with Gasteiger partial charge in [-0.1, -0.05) is 6.92 Å². The molecule has 3 nitrogen and oxygen atoms in total. The first-order valence-electron chi connectivity index (χ1n) is 5.01. The third kappa shape index (κ3) is 1.37. The van der Waals surface area contributed by atoms with Gasteiger partial charge in [-0.15, -0.1) is 0 Å². The zero-order chi connectivity index (χ0) is 10.2. The van der Waals surface area contributed by atoms with Crippen molar-refractivity contribution in [2.24, 2.45) is 5.92 Å². The molecule has 1 fully saturated rings. The van der Waals surface area contributed by atoms with Crippen LogP contribution in [0.3, 0.4) is 0 Å². The second-order valence-corrected chi connectivity index (χ2v) is 4.90. The standard InChI is InChI=1S/C10H16N2OS/c1-3-12-9(4-5-11-12)10(13)7-14-6-8(10)2/h4-5,8,13H,3,6-7H2,1-2H3. The van der Waals surface area contributed by atoms with Crippen LogP contribution in [0.5, 0.6) is 0 Å². The van der Waals surface area contributed by atoms with E-state index in [1.54, 1.807) is 6.20 Å². The van der Waals surface area contributed by atoms with Crippen LogP contribution in [0.1, 0.15) is 19.5 Å². The van der Waals surface area contributed by atoms with Gasteiger partial charge in [0.05, 0.1) is 5.69 Å². The molecule has 0 amide bonds. The molecule has 0 bridgehead atoms. The minimum Gasteiger partial charge on any atom is -0.382 e. The van der Waals surface area contributed by atoms with Crippen molar-refractivity contribution in [1.29, 1.82) is 0 Å². The molecule has 2 rings (SSSR count). The van der Waals surface area contributed by atoms with Gasteiger partial charge in [0.1, 0.15) is 5.60 Å². The van der Waals surface area contributed by atoms with Crippen molar-refractivity contribution in [3.05, 3.63) is 18.0 Å². The van der Waals surface area contributed by atoms with E-state index in [2.05, 4.69) is 12.0 Å². The zero-order valence-electron chi connectivity index (χ0n) is 8.60. The van der Waals surface area contributed by atoms with Crippen LogP contribution in [0.4, 0.5) is 0 Å². The monoisotopic (exact) mass is 212 g/mol. The molecule has 0 aliphatic carbocycles. The van der Waals surface area contributed by atoms with Gasteiger partial charge in [0, 0.05) is 24.4 Å². The van der Waals surface area contributed by atoms with Gasteiger partial charge in [-0.2, -0.15) is 16.9 Å². The van der Waals surface area contributed by atoms with Gasteiger partial charge in [0.2, 0.25) is 0 Å². The highest BCUT2D eigenvalue weighted by atomic mass is 32.2. The lowest BCUT2D eigenvalue weighted by atomic mass is 9.89. The molecule has 0 aromatic carbocycles. The second kappa shape index (κ2) is 3.59. The van der Waals surface area contributed by atoms with Crippen LogP contribution in [-0.4, -0.2) is 26.4 Å². The van der Waals surface area contributed by atoms with E-state index in [0.717, 1.165) is 23.7 Å². The lowest BCUT2D eigenvalue weighted by Gasteiger charge is -2.27. The van der Waals surface area contributed by atoms with Gasteiger partial charge >= 0.3 is 0 Å². The van der Waals surface area contributed by atoms with Crippen LogP contribution >= 0.6 is 11.8 Å². The van der Waals surface area contributed by atoms with E-state index in [4.69, 9.17) is 0 Å². The molecule has 1 aromatic heterocycles. The maximum Gasteiger partial charge on any atom is 0.118 e. The Bertz CT molecular complexity index is 326. The molecule has 1 aliphatic rings. The number of hydrogen-bond donors (Lipinski definition) is 1. The minimum absolute atomic E-state index is 0.314.